The van der Waals surface area contributed by atoms with E-state index in [1.54, 1.807) is 65.6 Å². The maximum atomic E-state index is 14.2. The van der Waals surface area contributed by atoms with Crippen LogP contribution in [0.3, 0.4) is 0 Å². The lowest BCUT2D eigenvalue weighted by Crippen LogP contribution is -2.36. The van der Waals surface area contributed by atoms with E-state index in [1.165, 1.54) is 23.8 Å². The number of rotatable bonds is 6. The summed E-state index contributed by atoms with van der Waals surface area (Å²) in [7, 11) is 1.23. The summed E-state index contributed by atoms with van der Waals surface area (Å²) in [5.41, 5.74) is 3.35. The third-order valence-corrected chi connectivity index (χ3v) is 8.15. The van der Waals surface area contributed by atoms with Crippen molar-refractivity contribution in [3.8, 4) is 39.9 Å². The molecule has 0 saturated heterocycles. The Bertz CT molecular complexity index is 2090. The minimum atomic E-state index is -1.01. The highest BCUT2D eigenvalue weighted by molar-refractivity contribution is 9.10. The number of nitrogens with zero attached hydrogens (tertiary/aromatic N) is 4. The van der Waals surface area contributed by atoms with Gasteiger partial charge in [-0.25, -0.2) is 23.5 Å². The zero-order valence-electron chi connectivity index (χ0n) is 23.9. The predicted molar refractivity (Wildman–Crippen MR) is 167 cm³/mol. The Morgan fingerprint density at radius 1 is 1.00 bits per heavy atom. The topological polar surface area (TPSA) is 116 Å². The second-order valence-corrected chi connectivity index (χ2v) is 11.2. The smallest absolute Gasteiger partial charge is 0.407 e. The van der Waals surface area contributed by atoms with Crippen LogP contribution in [-0.2, 0) is 4.74 Å². The van der Waals surface area contributed by atoms with Crippen molar-refractivity contribution in [3.63, 3.8) is 0 Å². The molecule has 1 amide bonds. The molecule has 2 N–H and O–H groups in total. The molecule has 2 atom stereocenters. The number of halogens is 3. The Morgan fingerprint density at radius 3 is 2.54 bits per heavy atom. The van der Waals surface area contributed by atoms with Crippen molar-refractivity contribution in [2.75, 3.05) is 7.11 Å². The standard InChI is InChI=1S/C33H23BrF2N6O4/c1-45-33(44)40-28(18-6-3-2-4-7-18)31(43)41-11-5-8-25(41)29-37-16-24(39-29)19-9-10-23-26(14-19)46-32(42-27(34)17-38-30(23)42)20-12-21(35)15-22(36)13-20/h2-17,28,32H,1H3,(H,37,39)(H,40,44)/t28-,32-/m0/s1. The molecule has 3 aromatic carbocycles. The van der Waals surface area contributed by atoms with Crippen molar-refractivity contribution in [3.05, 3.63) is 125 Å². The molecule has 46 heavy (non-hydrogen) atoms. The van der Waals surface area contributed by atoms with Gasteiger partial charge in [-0.3, -0.25) is 13.9 Å². The van der Waals surface area contributed by atoms with Crippen molar-refractivity contribution in [1.29, 1.82) is 0 Å². The van der Waals surface area contributed by atoms with E-state index in [9.17, 15) is 18.4 Å². The van der Waals surface area contributed by atoms with E-state index in [4.69, 9.17) is 9.47 Å². The second-order valence-electron chi connectivity index (χ2n) is 10.4. The third-order valence-electron chi connectivity index (χ3n) is 7.56. The van der Waals surface area contributed by atoms with Crippen molar-refractivity contribution in [2.45, 2.75) is 12.3 Å². The van der Waals surface area contributed by atoms with Crippen LogP contribution in [0.1, 0.15) is 28.2 Å². The van der Waals surface area contributed by atoms with Crippen LogP contribution in [-0.4, -0.2) is 43.2 Å². The SMILES string of the molecule is COC(=O)N[C@H](C(=O)n1cccc1-c1ncc(-c2ccc3c(c2)O[C@@H](c2cc(F)cc(F)c2)n2c(Br)cnc2-3)[nH]1)c1ccccc1. The number of carbonyl (C=O) groups is 2. The van der Waals surface area contributed by atoms with E-state index in [2.05, 4.69) is 36.2 Å². The van der Waals surface area contributed by atoms with Gasteiger partial charge >= 0.3 is 6.09 Å². The molecule has 0 spiro atoms. The summed E-state index contributed by atoms with van der Waals surface area (Å²) in [6, 6.07) is 20.0. The molecule has 1 aliphatic rings. The van der Waals surface area contributed by atoms with Crippen LogP contribution in [0.15, 0.2) is 102 Å². The summed E-state index contributed by atoms with van der Waals surface area (Å²) in [6.45, 7) is 0. The van der Waals surface area contributed by atoms with Gasteiger partial charge in [0.1, 0.15) is 33.9 Å². The summed E-state index contributed by atoms with van der Waals surface area (Å²) in [5.74, 6) is -0.445. The number of ether oxygens (including phenoxy) is 2. The van der Waals surface area contributed by atoms with Gasteiger partial charge in [0, 0.05) is 23.4 Å². The minimum absolute atomic E-state index is 0.276. The highest BCUT2D eigenvalue weighted by atomic mass is 79.9. The number of hydrogen-bond donors (Lipinski definition) is 2. The summed E-state index contributed by atoms with van der Waals surface area (Å²) in [6.07, 6.45) is 3.19. The number of H-pyrrole nitrogens is 1. The molecular formula is C33H23BrF2N6O4. The number of aromatic nitrogens is 5. The fraction of sp³-hybridized carbons (Fsp3) is 0.0909. The molecule has 3 aromatic heterocycles. The monoisotopic (exact) mass is 684 g/mol. The van der Waals surface area contributed by atoms with Gasteiger partial charge in [0.25, 0.3) is 5.91 Å². The van der Waals surface area contributed by atoms with Crippen LogP contribution in [0.5, 0.6) is 5.75 Å². The summed E-state index contributed by atoms with van der Waals surface area (Å²) in [4.78, 5) is 38.2. The molecule has 10 nitrogen and oxygen atoms in total. The van der Waals surface area contributed by atoms with Crippen molar-refractivity contribution >= 4 is 27.9 Å². The molecule has 0 aliphatic carbocycles. The number of benzene rings is 3. The minimum Gasteiger partial charge on any atom is -0.465 e. The molecule has 1 aliphatic heterocycles. The van der Waals surface area contributed by atoms with Crippen LogP contribution in [0.4, 0.5) is 13.6 Å². The molecule has 0 unspecified atom stereocenters. The molecule has 0 radical (unpaired) electrons. The van der Waals surface area contributed by atoms with Crippen molar-refractivity contribution in [2.24, 2.45) is 0 Å². The fourth-order valence-corrected chi connectivity index (χ4v) is 5.91. The lowest BCUT2D eigenvalue weighted by molar-refractivity contribution is 0.0851. The largest absolute Gasteiger partial charge is 0.465 e. The van der Waals surface area contributed by atoms with Gasteiger partial charge in [-0.1, -0.05) is 36.4 Å². The molecule has 0 bridgehead atoms. The number of methoxy groups -OCH3 is 1. The molecule has 13 heteroatoms. The van der Waals surface area contributed by atoms with E-state index in [0.717, 1.165) is 6.07 Å². The molecule has 6 aromatic rings. The fourth-order valence-electron chi connectivity index (χ4n) is 5.46. The number of amides is 1. The third kappa shape index (κ3) is 5.24. The number of alkyl carbamates (subject to hydrolysis) is 1. The van der Waals surface area contributed by atoms with E-state index in [1.807, 2.05) is 18.2 Å². The van der Waals surface area contributed by atoms with Gasteiger partial charge in [-0.15, -0.1) is 0 Å². The first-order chi connectivity index (χ1) is 22.3. The Morgan fingerprint density at radius 2 is 1.78 bits per heavy atom. The van der Waals surface area contributed by atoms with Gasteiger partial charge in [0.15, 0.2) is 5.82 Å². The van der Waals surface area contributed by atoms with Gasteiger partial charge in [-0.2, -0.15) is 0 Å². The Labute approximate surface area is 268 Å². The molecule has 7 rings (SSSR count). The highest BCUT2D eigenvalue weighted by Crippen LogP contribution is 2.43. The highest BCUT2D eigenvalue weighted by Gasteiger charge is 2.31. The average Bonchev–Trinajstić information content (AvgIpc) is 3.83. The van der Waals surface area contributed by atoms with Crippen LogP contribution >= 0.6 is 15.9 Å². The quantitative estimate of drug-likeness (QED) is 0.193. The first kappa shape index (κ1) is 29.2. The maximum Gasteiger partial charge on any atom is 0.407 e. The van der Waals surface area contributed by atoms with E-state index < -0.39 is 35.9 Å². The molecule has 0 saturated carbocycles. The van der Waals surface area contributed by atoms with Gasteiger partial charge in [-0.05, 0) is 57.9 Å². The first-order valence-electron chi connectivity index (χ1n) is 14.0. The number of aromatic amines is 1. The van der Waals surface area contributed by atoms with Crippen LogP contribution < -0.4 is 10.1 Å². The molecule has 0 fully saturated rings. The predicted octanol–water partition coefficient (Wildman–Crippen LogP) is 7.13. The van der Waals surface area contributed by atoms with E-state index >= 15 is 0 Å². The van der Waals surface area contributed by atoms with Crippen molar-refractivity contribution in [1.82, 2.24) is 29.4 Å². The van der Waals surface area contributed by atoms with E-state index in [-0.39, 0.29) is 5.56 Å². The number of fused-ring (bicyclic) bond motifs is 3. The number of nitrogens with one attached hydrogen (secondary N) is 2. The Kier molecular flexibility index (Phi) is 7.45. The van der Waals surface area contributed by atoms with Gasteiger partial charge in [0.05, 0.1) is 36.5 Å². The summed E-state index contributed by atoms with van der Waals surface area (Å²) >= 11 is 3.47. The lowest BCUT2D eigenvalue weighted by atomic mass is 10.1. The number of carbonyl (C=O) groups excluding carboxylic acids is 2. The Hall–Kier alpha value is -5.56. The average molecular weight is 685 g/mol. The first-order valence-corrected chi connectivity index (χ1v) is 14.8. The summed E-state index contributed by atoms with van der Waals surface area (Å²) < 4.78 is 43.1. The van der Waals surface area contributed by atoms with E-state index in [0.29, 0.717) is 50.1 Å². The lowest BCUT2D eigenvalue weighted by Gasteiger charge is -2.29. The zero-order chi connectivity index (χ0) is 31.9. The van der Waals surface area contributed by atoms with Crippen LogP contribution in [0.2, 0.25) is 0 Å². The number of imidazole rings is 2. The summed E-state index contributed by atoms with van der Waals surface area (Å²) in [5, 5.41) is 2.61. The van der Waals surface area contributed by atoms with Gasteiger partial charge in [0.2, 0.25) is 6.23 Å². The normalized spacial score (nSPS) is 14.1. The van der Waals surface area contributed by atoms with Crippen molar-refractivity contribution < 1.29 is 27.8 Å². The zero-order valence-corrected chi connectivity index (χ0v) is 25.5. The molecule has 4 heterocycles. The van der Waals surface area contributed by atoms with Crippen LogP contribution in [0.25, 0.3) is 34.2 Å². The Balaban J connectivity index is 1.22. The molecule has 230 valence electrons. The molecular weight excluding hydrogens is 662 g/mol. The number of hydrogen-bond acceptors (Lipinski definition) is 6. The second kappa shape index (κ2) is 11.7. The maximum absolute atomic E-state index is 14.2. The van der Waals surface area contributed by atoms with Crippen LogP contribution in [0, 0.1) is 11.6 Å². The van der Waals surface area contributed by atoms with Gasteiger partial charge < -0.3 is 19.8 Å².